The van der Waals surface area contributed by atoms with E-state index in [4.69, 9.17) is 0 Å². The van der Waals surface area contributed by atoms with Gasteiger partial charge in [-0.25, -0.2) is 8.42 Å². The van der Waals surface area contributed by atoms with Gasteiger partial charge in [0.1, 0.15) is 0 Å². The van der Waals surface area contributed by atoms with Gasteiger partial charge < -0.3 is 4.90 Å². The van der Waals surface area contributed by atoms with E-state index in [1.54, 1.807) is 0 Å². The number of hydrogen-bond acceptors (Lipinski definition) is 3. The minimum Gasteiger partial charge on any atom is -0.335 e. The van der Waals surface area contributed by atoms with Crippen molar-refractivity contribution in [3.8, 4) is 0 Å². The van der Waals surface area contributed by atoms with Gasteiger partial charge in [0, 0.05) is 12.1 Å². The van der Waals surface area contributed by atoms with Crippen molar-refractivity contribution in [2.75, 3.05) is 11.5 Å². The molecule has 120 valence electrons. The van der Waals surface area contributed by atoms with E-state index in [0.29, 0.717) is 12.8 Å². The van der Waals surface area contributed by atoms with Gasteiger partial charge in [-0.2, -0.15) is 0 Å². The maximum Gasteiger partial charge on any atom is 0.227 e. The number of benzene rings is 1. The van der Waals surface area contributed by atoms with E-state index in [1.165, 1.54) is 0 Å². The summed E-state index contributed by atoms with van der Waals surface area (Å²) in [7, 11) is -2.96. The van der Waals surface area contributed by atoms with Crippen molar-refractivity contribution < 1.29 is 13.2 Å². The lowest BCUT2D eigenvalue weighted by atomic mass is 10.0. The molecule has 2 fully saturated rings. The zero-order valence-corrected chi connectivity index (χ0v) is 14.0. The highest BCUT2D eigenvalue weighted by Crippen LogP contribution is 2.33. The molecule has 22 heavy (non-hydrogen) atoms. The third kappa shape index (κ3) is 3.35. The Morgan fingerprint density at radius 2 is 1.91 bits per heavy atom. The fourth-order valence-corrected chi connectivity index (χ4v) is 5.01. The van der Waals surface area contributed by atoms with Crippen molar-refractivity contribution in [3.63, 3.8) is 0 Å². The highest BCUT2D eigenvalue weighted by molar-refractivity contribution is 7.91. The Bertz CT molecular complexity index is 692. The quantitative estimate of drug-likeness (QED) is 0.852. The van der Waals surface area contributed by atoms with E-state index in [2.05, 4.69) is 6.07 Å². The Kier molecular flexibility index (Phi) is 4.02. The second kappa shape index (κ2) is 5.69. The molecule has 2 aliphatic rings. The molecule has 4 nitrogen and oxygen atoms in total. The molecule has 0 aromatic heterocycles. The smallest absolute Gasteiger partial charge is 0.227 e. The Hall–Kier alpha value is -1.36. The van der Waals surface area contributed by atoms with Crippen LogP contribution in [0.2, 0.25) is 0 Å². The highest BCUT2D eigenvalue weighted by Gasteiger charge is 2.41. The lowest BCUT2D eigenvalue weighted by molar-refractivity contribution is -0.133. The van der Waals surface area contributed by atoms with Crippen LogP contribution in [0.1, 0.15) is 36.0 Å². The molecule has 3 rings (SSSR count). The normalized spacial score (nSPS) is 23.5. The first-order valence-corrected chi connectivity index (χ1v) is 9.75. The summed E-state index contributed by atoms with van der Waals surface area (Å²) in [5, 5.41) is 0. The number of aryl methyl sites for hydroxylation is 2. The number of hydrogen-bond donors (Lipinski definition) is 0. The summed E-state index contributed by atoms with van der Waals surface area (Å²) >= 11 is 0. The monoisotopic (exact) mass is 321 g/mol. The molecule has 1 saturated heterocycles. The molecule has 1 aromatic carbocycles. The Balaban J connectivity index is 1.77. The number of sulfone groups is 1. The van der Waals surface area contributed by atoms with Gasteiger partial charge in [0.2, 0.25) is 5.91 Å². The first-order chi connectivity index (χ1) is 10.4. The summed E-state index contributed by atoms with van der Waals surface area (Å²) in [6.45, 7) is 4.04. The van der Waals surface area contributed by atoms with Crippen LogP contribution in [0.3, 0.4) is 0 Å². The van der Waals surface area contributed by atoms with E-state index >= 15 is 0 Å². The fourth-order valence-electron chi connectivity index (χ4n) is 3.30. The molecule has 1 amide bonds. The summed E-state index contributed by atoms with van der Waals surface area (Å²) < 4.78 is 23.5. The zero-order valence-electron chi connectivity index (χ0n) is 13.2. The molecule has 1 atom stereocenters. The van der Waals surface area contributed by atoms with Gasteiger partial charge in [0.25, 0.3) is 0 Å². The van der Waals surface area contributed by atoms with Crippen LogP contribution in [0.4, 0.5) is 0 Å². The van der Waals surface area contributed by atoms with Crippen LogP contribution in [0.25, 0.3) is 0 Å². The van der Waals surface area contributed by atoms with Crippen molar-refractivity contribution in [1.82, 2.24) is 4.90 Å². The van der Waals surface area contributed by atoms with Crippen molar-refractivity contribution in [2.24, 2.45) is 0 Å². The van der Waals surface area contributed by atoms with Gasteiger partial charge in [-0.15, -0.1) is 0 Å². The van der Waals surface area contributed by atoms with Gasteiger partial charge in [0.05, 0.1) is 17.9 Å². The van der Waals surface area contributed by atoms with Crippen LogP contribution < -0.4 is 0 Å². The Morgan fingerprint density at radius 1 is 1.18 bits per heavy atom. The second-order valence-electron chi connectivity index (χ2n) is 6.70. The van der Waals surface area contributed by atoms with Gasteiger partial charge in [-0.1, -0.05) is 23.8 Å². The van der Waals surface area contributed by atoms with Gasteiger partial charge >= 0.3 is 0 Å². The van der Waals surface area contributed by atoms with Crippen molar-refractivity contribution in [2.45, 2.75) is 51.6 Å². The minimum atomic E-state index is -2.96. The standard InChI is InChI=1S/C17H23NO3S/c1-12-3-4-13(2)14(9-12)10-17(19)18(15-5-6-15)16-7-8-22(20,21)11-16/h3-4,9,15-16H,5-8,10-11H2,1-2H3. The number of nitrogens with zero attached hydrogens (tertiary/aromatic N) is 1. The highest BCUT2D eigenvalue weighted by atomic mass is 32.2. The number of rotatable bonds is 4. The molecule has 1 aromatic rings. The molecule has 1 aliphatic heterocycles. The molecule has 0 bridgehead atoms. The van der Waals surface area contributed by atoms with Crippen molar-refractivity contribution in [3.05, 3.63) is 34.9 Å². The number of amides is 1. The third-order valence-corrected chi connectivity index (χ3v) is 6.43. The summed E-state index contributed by atoms with van der Waals surface area (Å²) in [5.41, 5.74) is 3.32. The number of carbonyl (C=O) groups is 1. The molecule has 0 N–H and O–H groups in total. The predicted molar refractivity (Wildman–Crippen MR) is 86.5 cm³/mol. The fraction of sp³-hybridized carbons (Fsp3) is 0.588. The van der Waals surface area contributed by atoms with Gasteiger partial charge in [0.15, 0.2) is 9.84 Å². The lowest BCUT2D eigenvalue weighted by Gasteiger charge is -2.28. The van der Waals surface area contributed by atoms with Crippen LogP contribution in [0.15, 0.2) is 18.2 Å². The minimum absolute atomic E-state index is 0.0818. The lowest BCUT2D eigenvalue weighted by Crippen LogP contribution is -2.43. The number of carbonyl (C=O) groups excluding carboxylic acids is 1. The average molecular weight is 321 g/mol. The molecule has 1 aliphatic carbocycles. The first kappa shape index (κ1) is 15.5. The Labute approximate surface area is 132 Å². The molecular weight excluding hydrogens is 298 g/mol. The molecule has 0 spiro atoms. The molecule has 1 unspecified atom stereocenters. The summed E-state index contributed by atoms with van der Waals surface area (Å²) in [6.07, 6.45) is 2.99. The predicted octanol–water partition coefficient (Wildman–Crippen LogP) is 2.02. The van der Waals surface area contributed by atoms with Gasteiger partial charge in [-0.05, 0) is 44.2 Å². The molecule has 1 heterocycles. The molecular formula is C17H23NO3S. The second-order valence-corrected chi connectivity index (χ2v) is 8.92. The topological polar surface area (TPSA) is 54.5 Å². The first-order valence-electron chi connectivity index (χ1n) is 7.93. The summed E-state index contributed by atoms with van der Waals surface area (Å²) in [5.74, 6) is 0.443. The van der Waals surface area contributed by atoms with E-state index in [1.807, 2.05) is 30.9 Å². The maximum atomic E-state index is 12.8. The average Bonchev–Trinajstić information content (AvgIpc) is 3.19. The van der Waals surface area contributed by atoms with Crippen molar-refractivity contribution in [1.29, 1.82) is 0 Å². The van der Waals surface area contributed by atoms with Crippen LogP contribution >= 0.6 is 0 Å². The van der Waals surface area contributed by atoms with E-state index in [0.717, 1.165) is 29.5 Å². The van der Waals surface area contributed by atoms with Crippen LogP contribution in [-0.2, 0) is 21.1 Å². The molecule has 5 heteroatoms. The largest absolute Gasteiger partial charge is 0.335 e. The molecule has 1 saturated carbocycles. The van der Waals surface area contributed by atoms with Crippen LogP contribution in [0.5, 0.6) is 0 Å². The van der Waals surface area contributed by atoms with E-state index in [9.17, 15) is 13.2 Å². The summed E-state index contributed by atoms with van der Waals surface area (Å²) in [6, 6.07) is 6.29. The summed E-state index contributed by atoms with van der Waals surface area (Å²) in [4.78, 5) is 14.7. The van der Waals surface area contributed by atoms with E-state index < -0.39 is 9.84 Å². The molecule has 0 radical (unpaired) electrons. The van der Waals surface area contributed by atoms with Gasteiger partial charge in [-0.3, -0.25) is 4.79 Å². The van der Waals surface area contributed by atoms with Crippen LogP contribution in [0, 0.1) is 13.8 Å². The van der Waals surface area contributed by atoms with Crippen molar-refractivity contribution >= 4 is 15.7 Å². The van der Waals surface area contributed by atoms with Crippen LogP contribution in [-0.4, -0.2) is 42.8 Å². The Morgan fingerprint density at radius 3 is 2.50 bits per heavy atom. The zero-order chi connectivity index (χ0) is 15.9. The third-order valence-electron chi connectivity index (χ3n) is 4.68. The van der Waals surface area contributed by atoms with E-state index in [-0.39, 0.29) is 29.5 Å². The SMILES string of the molecule is Cc1ccc(C)c(CC(=O)N(C2CC2)C2CCS(=O)(=O)C2)c1. The maximum absolute atomic E-state index is 12.8.